The second-order valence-corrected chi connectivity index (χ2v) is 6.80. The molecule has 0 radical (unpaired) electrons. The van der Waals surface area contributed by atoms with Crippen LogP contribution in [0.2, 0.25) is 10.0 Å². The maximum atomic E-state index is 6.34. The van der Waals surface area contributed by atoms with Gasteiger partial charge in [-0.15, -0.1) is 0 Å². The zero-order valence-electron chi connectivity index (χ0n) is 13.2. The topological polar surface area (TPSA) is 23.8 Å². The third kappa shape index (κ3) is 2.97. The molecule has 2 aromatic heterocycles. The van der Waals surface area contributed by atoms with E-state index in [0.29, 0.717) is 10.0 Å². The second kappa shape index (κ2) is 6.63. The summed E-state index contributed by atoms with van der Waals surface area (Å²) in [6, 6.07) is 11.9. The van der Waals surface area contributed by atoms with Crippen molar-refractivity contribution in [2.24, 2.45) is 0 Å². The van der Waals surface area contributed by atoms with Gasteiger partial charge in [0, 0.05) is 38.9 Å². The lowest BCUT2D eigenvalue weighted by molar-refractivity contribution is 0.246. The Bertz CT molecular complexity index is 853. The highest BCUT2D eigenvalue weighted by Gasteiger charge is 2.20. The number of pyridine rings is 1. The molecule has 0 bridgehead atoms. The Morgan fingerprint density at radius 1 is 0.958 bits per heavy atom. The van der Waals surface area contributed by atoms with E-state index in [2.05, 4.69) is 25.4 Å². The zero-order valence-corrected chi connectivity index (χ0v) is 14.7. The van der Waals surface area contributed by atoms with Crippen LogP contribution < -0.4 is 4.90 Å². The van der Waals surface area contributed by atoms with E-state index in [1.807, 2.05) is 42.6 Å². The van der Waals surface area contributed by atoms with Gasteiger partial charge in [0.2, 0.25) is 0 Å². The van der Waals surface area contributed by atoms with Crippen LogP contribution in [-0.2, 0) is 6.54 Å². The molecule has 1 saturated heterocycles. The van der Waals surface area contributed by atoms with Crippen LogP contribution >= 0.6 is 23.2 Å². The Labute approximate surface area is 151 Å². The summed E-state index contributed by atoms with van der Waals surface area (Å²) in [5, 5.41) is 1.26. The Hall–Kier alpha value is -1.75. The summed E-state index contributed by atoms with van der Waals surface area (Å²) in [5.74, 6) is 0. The van der Waals surface area contributed by atoms with Gasteiger partial charge >= 0.3 is 0 Å². The van der Waals surface area contributed by atoms with Gasteiger partial charge in [-0.05, 0) is 24.3 Å². The highest BCUT2D eigenvalue weighted by Crippen LogP contribution is 2.32. The predicted molar refractivity (Wildman–Crippen MR) is 99.1 cm³/mol. The normalized spacial score (nSPS) is 16.0. The molecule has 0 atom stereocenters. The highest BCUT2D eigenvalue weighted by molar-refractivity contribution is 6.43. The van der Waals surface area contributed by atoms with Crippen molar-refractivity contribution >= 4 is 34.5 Å². The summed E-state index contributed by atoms with van der Waals surface area (Å²) in [4.78, 5) is 9.22. The summed E-state index contributed by atoms with van der Waals surface area (Å²) in [7, 11) is 0. The van der Waals surface area contributed by atoms with Crippen LogP contribution in [0.5, 0.6) is 0 Å². The molecular formula is C18H18Cl2N4. The Morgan fingerprint density at radius 3 is 2.62 bits per heavy atom. The minimum absolute atomic E-state index is 0.613. The van der Waals surface area contributed by atoms with Gasteiger partial charge in [0.1, 0.15) is 5.65 Å². The standard InChI is InChI=1S/C18H18Cl2N4/c19-15-4-3-5-16(18(15)20)23-10-8-22(9-11-23)13-14-12-21-17-6-1-2-7-24(14)17/h1-7,12H,8-11,13H2. The van der Waals surface area contributed by atoms with E-state index in [1.165, 1.54) is 5.69 Å². The Kier molecular flexibility index (Phi) is 4.35. The fourth-order valence-corrected chi connectivity index (χ4v) is 3.63. The maximum Gasteiger partial charge on any atom is 0.136 e. The zero-order chi connectivity index (χ0) is 16.5. The smallest absolute Gasteiger partial charge is 0.136 e. The lowest BCUT2D eigenvalue weighted by atomic mass is 10.2. The molecule has 3 aromatic rings. The number of halogens is 2. The summed E-state index contributed by atoms with van der Waals surface area (Å²) in [5.41, 5.74) is 3.25. The van der Waals surface area contributed by atoms with Crippen LogP contribution in [-0.4, -0.2) is 40.5 Å². The fraction of sp³-hybridized carbons (Fsp3) is 0.278. The van der Waals surface area contributed by atoms with Gasteiger partial charge in [0.05, 0.1) is 27.6 Å². The van der Waals surface area contributed by atoms with E-state index >= 15 is 0 Å². The van der Waals surface area contributed by atoms with Crippen LogP contribution in [0, 0.1) is 0 Å². The van der Waals surface area contributed by atoms with Crippen molar-refractivity contribution in [2.45, 2.75) is 6.54 Å². The van der Waals surface area contributed by atoms with E-state index in [-0.39, 0.29) is 0 Å². The first kappa shape index (κ1) is 15.8. The summed E-state index contributed by atoms with van der Waals surface area (Å²) in [6.07, 6.45) is 4.04. The number of rotatable bonds is 3. The number of anilines is 1. The van der Waals surface area contributed by atoms with Gasteiger partial charge in [-0.2, -0.15) is 0 Å². The molecule has 0 amide bonds. The summed E-state index contributed by atoms with van der Waals surface area (Å²) >= 11 is 12.5. The number of hydrogen-bond donors (Lipinski definition) is 0. The Morgan fingerprint density at radius 2 is 1.79 bits per heavy atom. The van der Waals surface area contributed by atoms with Crippen LogP contribution in [0.4, 0.5) is 5.69 Å². The largest absolute Gasteiger partial charge is 0.368 e. The van der Waals surface area contributed by atoms with E-state index in [4.69, 9.17) is 23.2 Å². The molecule has 0 spiro atoms. The van der Waals surface area contributed by atoms with Gasteiger partial charge in [-0.3, -0.25) is 4.90 Å². The van der Waals surface area contributed by atoms with Crippen molar-refractivity contribution in [2.75, 3.05) is 31.1 Å². The molecule has 6 heteroatoms. The predicted octanol–water partition coefficient (Wildman–Crippen LogP) is 3.96. The van der Waals surface area contributed by atoms with Gasteiger partial charge in [0.25, 0.3) is 0 Å². The SMILES string of the molecule is Clc1cccc(N2CCN(Cc3cnc4ccccn34)CC2)c1Cl. The maximum absolute atomic E-state index is 6.34. The lowest BCUT2D eigenvalue weighted by Gasteiger charge is -2.36. The van der Waals surface area contributed by atoms with Crippen molar-refractivity contribution in [3.8, 4) is 0 Å². The van der Waals surface area contributed by atoms with E-state index < -0.39 is 0 Å². The van der Waals surface area contributed by atoms with Gasteiger partial charge in [-0.25, -0.2) is 4.98 Å². The number of benzene rings is 1. The molecule has 1 aliphatic rings. The number of fused-ring (bicyclic) bond motifs is 1. The first-order valence-electron chi connectivity index (χ1n) is 8.04. The molecule has 1 aliphatic heterocycles. The molecule has 1 aromatic carbocycles. The average molecular weight is 361 g/mol. The van der Waals surface area contributed by atoms with Crippen molar-refractivity contribution < 1.29 is 0 Å². The highest BCUT2D eigenvalue weighted by atomic mass is 35.5. The van der Waals surface area contributed by atoms with Crippen molar-refractivity contribution in [1.29, 1.82) is 0 Å². The van der Waals surface area contributed by atoms with Crippen LogP contribution in [0.1, 0.15) is 5.69 Å². The van der Waals surface area contributed by atoms with E-state index in [0.717, 1.165) is 44.1 Å². The monoisotopic (exact) mass is 360 g/mol. The molecule has 4 nitrogen and oxygen atoms in total. The van der Waals surface area contributed by atoms with Crippen LogP contribution in [0.3, 0.4) is 0 Å². The number of nitrogens with zero attached hydrogens (tertiary/aromatic N) is 4. The minimum Gasteiger partial charge on any atom is -0.368 e. The second-order valence-electron chi connectivity index (χ2n) is 6.01. The van der Waals surface area contributed by atoms with Gasteiger partial charge < -0.3 is 9.30 Å². The first-order valence-corrected chi connectivity index (χ1v) is 8.80. The van der Waals surface area contributed by atoms with Gasteiger partial charge in [-0.1, -0.05) is 35.3 Å². The molecule has 0 unspecified atom stereocenters. The average Bonchev–Trinajstić information content (AvgIpc) is 3.01. The molecule has 0 aliphatic carbocycles. The van der Waals surface area contributed by atoms with E-state index in [9.17, 15) is 0 Å². The third-order valence-electron chi connectivity index (χ3n) is 4.52. The van der Waals surface area contributed by atoms with Crippen molar-refractivity contribution in [1.82, 2.24) is 14.3 Å². The van der Waals surface area contributed by atoms with Crippen molar-refractivity contribution in [3.05, 3.63) is 64.5 Å². The molecular weight excluding hydrogens is 343 g/mol. The van der Waals surface area contributed by atoms with Crippen molar-refractivity contribution in [3.63, 3.8) is 0 Å². The Balaban J connectivity index is 1.44. The molecule has 0 saturated carbocycles. The molecule has 1 fully saturated rings. The number of hydrogen-bond acceptors (Lipinski definition) is 3. The van der Waals surface area contributed by atoms with E-state index in [1.54, 1.807) is 0 Å². The number of imidazole rings is 1. The minimum atomic E-state index is 0.613. The van der Waals surface area contributed by atoms with Crippen LogP contribution in [0.15, 0.2) is 48.8 Å². The number of piperazine rings is 1. The first-order chi connectivity index (χ1) is 11.7. The summed E-state index contributed by atoms with van der Waals surface area (Å²) in [6.45, 7) is 4.77. The molecule has 24 heavy (non-hydrogen) atoms. The van der Waals surface area contributed by atoms with Gasteiger partial charge in [0.15, 0.2) is 0 Å². The lowest BCUT2D eigenvalue weighted by Crippen LogP contribution is -2.46. The molecule has 124 valence electrons. The molecule has 4 rings (SSSR count). The summed E-state index contributed by atoms with van der Waals surface area (Å²) < 4.78 is 2.15. The third-order valence-corrected chi connectivity index (χ3v) is 5.33. The molecule has 3 heterocycles. The fourth-order valence-electron chi connectivity index (χ4n) is 3.21. The quantitative estimate of drug-likeness (QED) is 0.706. The van der Waals surface area contributed by atoms with Crippen LogP contribution in [0.25, 0.3) is 5.65 Å². The number of aromatic nitrogens is 2. The molecule has 0 N–H and O–H groups in total.